The van der Waals surface area contributed by atoms with Gasteiger partial charge in [-0.15, -0.1) is 0 Å². The maximum Gasteiger partial charge on any atom is 0.191 e. The van der Waals surface area contributed by atoms with E-state index in [4.69, 9.17) is 9.15 Å². The van der Waals surface area contributed by atoms with Crippen LogP contribution in [0.25, 0.3) is 0 Å². The van der Waals surface area contributed by atoms with Crippen molar-refractivity contribution in [1.29, 1.82) is 0 Å². The molecule has 152 valence electrons. The second kappa shape index (κ2) is 9.15. The lowest BCUT2D eigenvalue weighted by molar-refractivity contribution is 0.0378. The topological polar surface area (TPSA) is 79.0 Å². The number of para-hydroxylation sites is 1. The molecule has 1 saturated carbocycles. The Morgan fingerprint density at radius 1 is 1.25 bits per heavy atom. The molecule has 2 aromatic rings. The molecule has 1 aromatic heterocycles. The summed E-state index contributed by atoms with van der Waals surface area (Å²) >= 11 is 0. The highest BCUT2D eigenvalue weighted by Gasteiger charge is 2.27. The lowest BCUT2D eigenvalue weighted by Crippen LogP contribution is -2.44. The monoisotopic (exact) mass is 385 g/mol. The minimum Gasteiger partial charge on any atom is -0.493 e. The first kappa shape index (κ1) is 20.3. The zero-order valence-corrected chi connectivity index (χ0v) is 17.0. The molecule has 1 unspecified atom stereocenters. The normalized spacial score (nSPS) is 16.5. The van der Waals surface area contributed by atoms with E-state index in [1.54, 1.807) is 13.0 Å². The average molecular weight is 386 g/mol. The molecule has 0 spiro atoms. The van der Waals surface area contributed by atoms with Gasteiger partial charge in [0.2, 0.25) is 0 Å². The van der Waals surface area contributed by atoms with E-state index in [1.807, 2.05) is 44.2 Å². The van der Waals surface area contributed by atoms with Crippen molar-refractivity contribution in [2.75, 3.05) is 19.7 Å². The Hall–Kier alpha value is -2.47. The minimum absolute atomic E-state index is 0.283. The molecule has 0 saturated heterocycles. The average Bonchev–Trinajstić information content (AvgIpc) is 3.41. The highest BCUT2D eigenvalue weighted by molar-refractivity contribution is 5.79. The molecule has 6 nitrogen and oxygen atoms in total. The molecule has 1 heterocycles. The number of aliphatic hydroxyl groups is 1. The molecule has 1 aliphatic rings. The summed E-state index contributed by atoms with van der Waals surface area (Å²) in [5.74, 6) is 3.56. The van der Waals surface area contributed by atoms with Crippen LogP contribution in [0.5, 0.6) is 5.75 Å². The number of nitrogens with one attached hydrogen (secondary N) is 2. The van der Waals surface area contributed by atoms with Crippen LogP contribution < -0.4 is 15.4 Å². The van der Waals surface area contributed by atoms with E-state index in [2.05, 4.69) is 15.6 Å². The standard InChI is InChI=1S/C22H31N3O3/c1-4-23-21(25-15-22(3,26)20-12-9-16(2)28-20)24-13-18-7-5-6-8-19(18)27-14-17-10-11-17/h5-9,12,17,26H,4,10-11,13-15H2,1-3H3,(H2,23,24,25). The highest BCUT2D eigenvalue weighted by atomic mass is 16.5. The number of hydrogen-bond donors (Lipinski definition) is 3. The summed E-state index contributed by atoms with van der Waals surface area (Å²) < 4.78 is 11.5. The molecule has 0 amide bonds. The summed E-state index contributed by atoms with van der Waals surface area (Å²) in [6.45, 7) is 7.89. The summed E-state index contributed by atoms with van der Waals surface area (Å²) in [7, 11) is 0. The molecular formula is C22H31N3O3. The minimum atomic E-state index is -1.13. The summed E-state index contributed by atoms with van der Waals surface area (Å²) in [5.41, 5.74) is -0.0794. The van der Waals surface area contributed by atoms with Crippen molar-refractivity contribution in [3.63, 3.8) is 0 Å². The smallest absolute Gasteiger partial charge is 0.191 e. The van der Waals surface area contributed by atoms with Gasteiger partial charge in [0, 0.05) is 12.1 Å². The van der Waals surface area contributed by atoms with Crippen LogP contribution in [-0.4, -0.2) is 30.8 Å². The summed E-state index contributed by atoms with van der Waals surface area (Å²) in [6, 6.07) is 11.7. The molecule has 0 bridgehead atoms. The van der Waals surface area contributed by atoms with Crippen molar-refractivity contribution in [3.8, 4) is 5.75 Å². The third-order valence-electron chi connectivity index (χ3n) is 4.77. The zero-order chi connectivity index (χ0) is 20.0. The molecule has 0 radical (unpaired) electrons. The van der Waals surface area contributed by atoms with Gasteiger partial charge in [-0.05, 0) is 57.7 Å². The van der Waals surface area contributed by atoms with Crippen molar-refractivity contribution in [2.45, 2.75) is 45.8 Å². The Kier molecular flexibility index (Phi) is 6.62. The maximum absolute atomic E-state index is 10.7. The van der Waals surface area contributed by atoms with Crippen LogP contribution in [-0.2, 0) is 12.1 Å². The third-order valence-corrected chi connectivity index (χ3v) is 4.77. The SMILES string of the molecule is CCNC(=NCc1ccccc1OCC1CC1)NCC(C)(O)c1ccc(C)o1. The van der Waals surface area contributed by atoms with Gasteiger partial charge in [-0.2, -0.15) is 0 Å². The van der Waals surface area contributed by atoms with Crippen LogP contribution in [0.3, 0.4) is 0 Å². The zero-order valence-electron chi connectivity index (χ0n) is 17.0. The number of aliphatic imine (C=N–C) groups is 1. The van der Waals surface area contributed by atoms with Gasteiger partial charge in [-0.3, -0.25) is 0 Å². The van der Waals surface area contributed by atoms with E-state index >= 15 is 0 Å². The van der Waals surface area contributed by atoms with Crippen molar-refractivity contribution >= 4 is 5.96 Å². The van der Waals surface area contributed by atoms with Crippen LogP contribution >= 0.6 is 0 Å². The predicted molar refractivity (Wildman–Crippen MR) is 110 cm³/mol. The number of aryl methyl sites for hydroxylation is 1. The maximum atomic E-state index is 10.7. The van der Waals surface area contributed by atoms with E-state index in [-0.39, 0.29) is 6.54 Å². The Bertz CT molecular complexity index is 794. The van der Waals surface area contributed by atoms with Crippen LogP contribution in [0.1, 0.15) is 43.8 Å². The van der Waals surface area contributed by atoms with Crippen molar-refractivity contribution in [3.05, 3.63) is 53.5 Å². The summed E-state index contributed by atoms with van der Waals surface area (Å²) in [6.07, 6.45) is 2.54. The highest BCUT2D eigenvalue weighted by Crippen LogP contribution is 2.30. The number of guanidine groups is 1. The number of nitrogens with zero attached hydrogens (tertiary/aromatic N) is 1. The van der Waals surface area contributed by atoms with E-state index in [1.165, 1.54) is 12.8 Å². The number of hydrogen-bond acceptors (Lipinski definition) is 4. The number of furan rings is 1. The van der Waals surface area contributed by atoms with Gasteiger partial charge in [0.25, 0.3) is 0 Å². The Morgan fingerprint density at radius 3 is 2.71 bits per heavy atom. The Morgan fingerprint density at radius 2 is 2.04 bits per heavy atom. The second-order valence-electron chi connectivity index (χ2n) is 7.59. The quantitative estimate of drug-likeness (QED) is 0.456. The molecule has 1 aliphatic carbocycles. The van der Waals surface area contributed by atoms with E-state index < -0.39 is 5.60 Å². The first-order chi connectivity index (χ1) is 13.5. The van der Waals surface area contributed by atoms with Crippen molar-refractivity contribution in [2.24, 2.45) is 10.9 Å². The second-order valence-corrected chi connectivity index (χ2v) is 7.59. The van der Waals surface area contributed by atoms with Gasteiger partial charge in [-0.1, -0.05) is 18.2 Å². The number of benzene rings is 1. The van der Waals surface area contributed by atoms with Crippen LogP contribution in [0.15, 0.2) is 45.8 Å². The number of ether oxygens (including phenoxy) is 1. The van der Waals surface area contributed by atoms with E-state index in [0.29, 0.717) is 24.2 Å². The number of rotatable bonds is 9. The fraction of sp³-hybridized carbons (Fsp3) is 0.500. The Labute approximate surface area is 167 Å². The van der Waals surface area contributed by atoms with Crippen LogP contribution in [0, 0.1) is 12.8 Å². The molecule has 1 atom stereocenters. The van der Waals surface area contributed by atoms with Gasteiger partial charge in [0.1, 0.15) is 22.9 Å². The van der Waals surface area contributed by atoms with Crippen LogP contribution in [0.4, 0.5) is 0 Å². The fourth-order valence-corrected chi connectivity index (χ4v) is 2.84. The third kappa shape index (κ3) is 5.76. The molecule has 1 fully saturated rings. The molecule has 1 aromatic carbocycles. The van der Waals surface area contributed by atoms with Gasteiger partial charge in [0.15, 0.2) is 5.96 Å². The molecule has 6 heteroatoms. The Balaban J connectivity index is 1.62. The van der Waals surface area contributed by atoms with Crippen molar-refractivity contribution in [1.82, 2.24) is 10.6 Å². The molecule has 3 rings (SSSR count). The first-order valence-corrected chi connectivity index (χ1v) is 10.00. The molecular weight excluding hydrogens is 354 g/mol. The molecule has 3 N–H and O–H groups in total. The van der Waals surface area contributed by atoms with Gasteiger partial charge >= 0.3 is 0 Å². The molecule has 0 aliphatic heterocycles. The lowest BCUT2D eigenvalue weighted by atomic mass is 10.0. The molecule has 28 heavy (non-hydrogen) atoms. The summed E-state index contributed by atoms with van der Waals surface area (Å²) in [5, 5.41) is 17.1. The van der Waals surface area contributed by atoms with Gasteiger partial charge in [-0.25, -0.2) is 4.99 Å². The fourth-order valence-electron chi connectivity index (χ4n) is 2.84. The summed E-state index contributed by atoms with van der Waals surface area (Å²) in [4.78, 5) is 4.66. The van der Waals surface area contributed by atoms with Crippen LogP contribution in [0.2, 0.25) is 0 Å². The van der Waals surface area contributed by atoms with E-state index in [0.717, 1.165) is 30.2 Å². The van der Waals surface area contributed by atoms with Gasteiger partial charge in [0.05, 0.1) is 19.7 Å². The van der Waals surface area contributed by atoms with Gasteiger partial charge < -0.3 is 24.9 Å². The van der Waals surface area contributed by atoms with E-state index in [9.17, 15) is 5.11 Å². The van der Waals surface area contributed by atoms with Crippen molar-refractivity contribution < 1.29 is 14.3 Å². The predicted octanol–water partition coefficient (Wildman–Crippen LogP) is 3.34. The lowest BCUT2D eigenvalue weighted by Gasteiger charge is -2.23. The largest absolute Gasteiger partial charge is 0.493 e. The first-order valence-electron chi connectivity index (χ1n) is 10.00.